The molecule has 0 saturated heterocycles. The quantitative estimate of drug-likeness (QED) is 0.694. The highest BCUT2D eigenvalue weighted by Gasteiger charge is 2.27. The first-order chi connectivity index (χ1) is 10.2. The maximum absolute atomic E-state index is 13.8. The molecule has 0 aliphatic rings. The van der Waals surface area contributed by atoms with Crippen LogP contribution in [-0.2, 0) is 11.2 Å². The molecule has 1 aromatic rings. The Labute approximate surface area is 134 Å². The minimum Gasteiger partial charge on any atom is -0.309 e. The molecule has 0 heterocycles. The summed E-state index contributed by atoms with van der Waals surface area (Å²) in [5.41, 5.74) is 1.42. The van der Waals surface area contributed by atoms with Crippen LogP contribution in [0.5, 0.6) is 0 Å². The standard InChI is InChI=1S/C19H30FNO/c1-7-14-12-16(10-11-17(14)20)21(15(8-2)9-3)18(22)13-19(4,5)6/h10-12,15H,7-9,13H2,1-6H3. The van der Waals surface area contributed by atoms with Gasteiger partial charge in [0.2, 0.25) is 5.91 Å². The summed E-state index contributed by atoms with van der Waals surface area (Å²) in [4.78, 5) is 14.7. The Hall–Kier alpha value is -1.38. The van der Waals surface area contributed by atoms with Crippen molar-refractivity contribution >= 4 is 11.6 Å². The lowest BCUT2D eigenvalue weighted by molar-refractivity contribution is -0.120. The Bertz CT molecular complexity index is 501. The molecule has 22 heavy (non-hydrogen) atoms. The van der Waals surface area contributed by atoms with E-state index in [4.69, 9.17) is 0 Å². The van der Waals surface area contributed by atoms with Crippen molar-refractivity contribution in [2.45, 2.75) is 73.3 Å². The first-order valence-electron chi connectivity index (χ1n) is 8.34. The van der Waals surface area contributed by atoms with Gasteiger partial charge in [-0.2, -0.15) is 0 Å². The van der Waals surface area contributed by atoms with Crippen LogP contribution in [0.15, 0.2) is 18.2 Å². The van der Waals surface area contributed by atoms with E-state index in [1.165, 1.54) is 6.07 Å². The first kappa shape index (κ1) is 18.7. The van der Waals surface area contributed by atoms with Crippen LogP contribution in [0.4, 0.5) is 10.1 Å². The lowest BCUT2D eigenvalue weighted by atomic mass is 9.91. The number of amides is 1. The molecular weight excluding hydrogens is 277 g/mol. The van der Waals surface area contributed by atoms with Gasteiger partial charge in [-0.05, 0) is 48.4 Å². The van der Waals surface area contributed by atoms with E-state index in [0.717, 1.165) is 18.5 Å². The summed E-state index contributed by atoms with van der Waals surface area (Å²) in [6.07, 6.45) is 2.91. The fourth-order valence-corrected chi connectivity index (χ4v) is 2.73. The number of halogens is 1. The predicted octanol–water partition coefficient (Wildman–Crippen LogP) is 5.35. The summed E-state index contributed by atoms with van der Waals surface area (Å²) in [6.45, 7) is 12.3. The van der Waals surface area contributed by atoms with E-state index in [-0.39, 0.29) is 23.2 Å². The Kier molecular flexibility index (Phi) is 6.58. The molecule has 1 rings (SSSR count). The van der Waals surface area contributed by atoms with Crippen molar-refractivity contribution < 1.29 is 9.18 Å². The lowest BCUT2D eigenvalue weighted by Gasteiger charge is -2.33. The topological polar surface area (TPSA) is 20.3 Å². The largest absolute Gasteiger partial charge is 0.309 e. The Morgan fingerprint density at radius 3 is 2.23 bits per heavy atom. The zero-order valence-corrected chi connectivity index (χ0v) is 14.9. The van der Waals surface area contributed by atoms with Crippen molar-refractivity contribution in [3.63, 3.8) is 0 Å². The van der Waals surface area contributed by atoms with Crippen LogP contribution in [0.1, 0.15) is 66.4 Å². The van der Waals surface area contributed by atoms with Crippen LogP contribution in [0.2, 0.25) is 0 Å². The van der Waals surface area contributed by atoms with Gasteiger partial charge < -0.3 is 4.90 Å². The van der Waals surface area contributed by atoms with Crippen molar-refractivity contribution in [2.75, 3.05) is 4.90 Å². The molecule has 1 aromatic carbocycles. The second kappa shape index (κ2) is 7.75. The highest BCUT2D eigenvalue weighted by atomic mass is 19.1. The van der Waals surface area contributed by atoms with E-state index in [1.807, 2.05) is 17.9 Å². The van der Waals surface area contributed by atoms with Crippen molar-refractivity contribution in [3.05, 3.63) is 29.6 Å². The van der Waals surface area contributed by atoms with Crippen molar-refractivity contribution in [3.8, 4) is 0 Å². The number of aryl methyl sites for hydroxylation is 1. The number of nitrogens with zero attached hydrogens (tertiary/aromatic N) is 1. The molecule has 0 atom stereocenters. The smallest absolute Gasteiger partial charge is 0.227 e. The van der Waals surface area contributed by atoms with Gasteiger partial charge in [0.1, 0.15) is 5.82 Å². The number of benzene rings is 1. The van der Waals surface area contributed by atoms with Gasteiger partial charge >= 0.3 is 0 Å². The summed E-state index contributed by atoms with van der Waals surface area (Å²) >= 11 is 0. The van der Waals surface area contributed by atoms with Crippen LogP contribution in [0.3, 0.4) is 0 Å². The Balaban J connectivity index is 3.23. The SMILES string of the molecule is CCc1cc(N(C(=O)CC(C)(C)C)C(CC)CC)ccc1F. The summed E-state index contributed by atoms with van der Waals surface area (Å²) < 4.78 is 13.8. The first-order valence-corrected chi connectivity index (χ1v) is 8.34. The second-order valence-electron chi connectivity index (χ2n) is 7.10. The predicted molar refractivity (Wildman–Crippen MR) is 91.7 cm³/mol. The normalized spacial score (nSPS) is 11.8. The zero-order chi connectivity index (χ0) is 16.9. The maximum Gasteiger partial charge on any atom is 0.227 e. The highest BCUT2D eigenvalue weighted by molar-refractivity contribution is 5.94. The fraction of sp³-hybridized carbons (Fsp3) is 0.632. The molecule has 1 amide bonds. The molecule has 0 aliphatic heterocycles. The molecule has 2 nitrogen and oxygen atoms in total. The average Bonchev–Trinajstić information content (AvgIpc) is 2.43. The van der Waals surface area contributed by atoms with Crippen LogP contribution in [0.25, 0.3) is 0 Å². The summed E-state index contributed by atoms with van der Waals surface area (Å²) in [7, 11) is 0. The van der Waals surface area contributed by atoms with Gasteiger partial charge in [0.25, 0.3) is 0 Å². The third kappa shape index (κ3) is 4.82. The van der Waals surface area contributed by atoms with Gasteiger partial charge in [-0.15, -0.1) is 0 Å². The molecule has 3 heteroatoms. The van der Waals surface area contributed by atoms with Crippen LogP contribution >= 0.6 is 0 Å². The average molecular weight is 307 g/mol. The minimum absolute atomic E-state index is 0.0605. The molecule has 0 saturated carbocycles. The van der Waals surface area contributed by atoms with Gasteiger partial charge in [0.05, 0.1) is 0 Å². The minimum atomic E-state index is -0.195. The van der Waals surface area contributed by atoms with E-state index in [0.29, 0.717) is 18.4 Å². The number of carbonyl (C=O) groups excluding carboxylic acids is 1. The number of carbonyl (C=O) groups is 1. The molecule has 0 bridgehead atoms. The number of anilines is 1. The Morgan fingerprint density at radius 2 is 1.77 bits per heavy atom. The van der Waals surface area contributed by atoms with Crippen molar-refractivity contribution in [2.24, 2.45) is 5.41 Å². The third-order valence-corrected chi connectivity index (χ3v) is 3.95. The summed E-state index contributed by atoms with van der Waals surface area (Å²) in [6, 6.07) is 5.19. The van der Waals surface area contributed by atoms with Crippen molar-refractivity contribution in [1.29, 1.82) is 0 Å². The van der Waals surface area contributed by atoms with Gasteiger partial charge in [-0.3, -0.25) is 4.79 Å². The number of rotatable bonds is 6. The fourth-order valence-electron chi connectivity index (χ4n) is 2.73. The Morgan fingerprint density at radius 1 is 1.18 bits per heavy atom. The van der Waals surface area contributed by atoms with Gasteiger partial charge in [-0.1, -0.05) is 41.5 Å². The van der Waals surface area contributed by atoms with E-state index >= 15 is 0 Å². The molecule has 0 spiro atoms. The number of hydrogen-bond acceptors (Lipinski definition) is 1. The van der Waals surface area contributed by atoms with Crippen LogP contribution in [0, 0.1) is 11.2 Å². The van der Waals surface area contributed by atoms with E-state index in [1.54, 1.807) is 6.07 Å². The van der Waals surface area contributed by atoms with E-state index < -0.39 is 0 Å². The number of hydrogen-bond donors (Lipinski definition) is 0. The molecule has 0 N–H and O–H groups in total. The molecule has 124 valence electrons. The zero-order valence-electron chi connectivity index (χ0n) is 14.9. The molecule has 0 aliphatic carbocycles. The molecule has 0 unspecified atom stereocenters. The van der Waals surface area contributed by atoms with Gasteiger partial charge in [0, 0.05) is 18.2 Å². The van der Waals surface area contributed by atoms with Crippen LogP contribution in [-0.4, -0.2) is 11.9 Å². The highest BCUT2D eigenvalue weighted by Crippen LogP contribution is 2.28. The van der Waals surface area contributed by atoms with Gasteiger partial charge in [0.15, 0.2) is 0 Å². The summed E-state index contributed by atoms with van der Waals surface area (Å²) in [5, 5.41) is 0. The van der Waals surface area contributed by atoms with Crippen molar-refractivity contribution in [1.82, 2.24) is 0 Å². The maximum atomic E-state index is 13.8. The van der Waals surface area contributed by atoms with Crippen LogP contribution < -0.4 is 4.90 Å². The van der Waals surface area contributed by atoms with Gasteiger partial charge in [-0.25, -0.2) is 4.39 Å². The lowest BCUT2D eigenvalue weighted by Crippen LogP contribution is -2.41. The third-order valence-electron chi connectivity index (χ3n) is 3.95. The molecule has 0 aromatic heterocycles. The molecule has 0 radical (unpaired) electrons. The molecule has 0 fully saturated rings. The molecular formula is C19H30FNO. The monoisotopic (exact) mass is 307 g/mol. The van der Waals surface area contributed by atoms with E-state index in [2.05, 4.69) is 34.6 Å². The second-order valence-corrected chi connectivity index (χ2v) is 7.10. The van der Waals surface area contributed by atoms with E-state index in [9.17, 15) is 9.18 Å². The summed E-state index contributed by atoms with van der Waals surface area (Å²) in [5.74, 6) is -0.0751.